The lowest BCUT2D eigenvalue weighted by atomic mass is 10.00. The van der Waals surface area contributed by atoms with Crippen LogP contribution >= 0.6 is 11.6 Å². The van der Waals surface area contributed by atoms with Crippen LogP contribution < -0.4 is 10.5 Å². The van der Waals surface area contributed by atoms with E-state index < -0.39 is 0 Å². The lowest BCUT2D eigenvalue weighted by molar-refractivity contribution is 0.103. The zero-order valence-electron chi connectivity index (χ0n) is 11.4. The van der Waals surface area contributed by atoms with Crippen LogP contribution in [0.4, 0.5) is 5.69 Å². The summed E-state index contributed by atoms with van der Waals surface area (Å²) in [6.45, 7) is 4.32. The molecule has 0 saturated carbocycles. The number of hydrogen-bond acceptors (Lipinski definition) is 3. The van der Waals surface area contributed by atoms with Crippen molar-refractivity contribution in [1.29, 1.82) is 0 Å². The van der Waals surface area contributed by atoms with E-state index in [2.05, 4.69) is 0 Å². The summed E-state index contributed by atoms with van der Waals surface area (Å²) in [7, 11) is 0. The minimum absolute atomic E-state index is 0.125. The molecule has 0 aliphatic heterocycles. The van der Waals surface area contributed by atoms with Crippen molar-refractivity contribution < 1.29 is 9.53 Å². The molecule has 0 atom stereocenters. The summed E-state index contributed by atoms with van der Waals surface area (Å²) in [6, 6.07) is 10.4. The van der Waals surface area contributed by atoms with Crippen LogP contribution in [0.2, 0.25) is 5.02 Å². The van der Waals surface area contributed by atoms with Gasteiger partial charge in [0.2, 0.25) is 0 Å². The van der Waals surface area contributed by atoms with E-state index in [0.717, 1.165) is 5.56 Å². The lowest BCUT2D eigenvalue weighted by Gasteiger charge is -2.11. The Labute approximate surface area is 123 Å². The fraction of sp³-hybridized carbons (Fsp3) is 0.188. The molecular weight excluding hydrogens is 274 g/mol. The fourth-order valence-electron chi connectivity index (χ4n) is 1.94. The van der Waals surface area contributed by atoms with Gasteiger partial charge >= 0.3 is 0 Å². The number of nitrogen functional groups attached to an aromatic ring is 1. The number of anilines is 1. The molecule has 0 aliphatic carbocycles. The van der Waals surface area contributed by atoms with Crippen LogP contribution in [0.1, 0.15) is 28.4 Å². The van der Waals surface area contributed by atoms with Crippen molar-refractivity contribution in [1.82, 2.24) is 0 Å². The van der Waals surface area contributed by atoms with Gasteiger partial charge in [-0.05, 0) is 44.2 Å². The number of ether oxygens (including phenoxy) is 1. The molecule has 4 heteroatoms. The van der Waals surface area contributed by atoms with E-state index in [1.165, 1.54) is 0 Å². The van der Waals surface area contributed by atoms with Crippen LogP contribution in [0.25, 0.3) is 0 Å². The van der Waals surface area contributed by atoms with Crippen molar-refractivity contribution in [2.24, 2.45) is 0 Å². The fourth-order valence-corrected chi connectivity index (χ4v) is 2.06. The summed E-state index contributed by atoms with van der Waals surface area (Å²) in [6.07, 6.45) is 0. The number of carbonyl (C=O) groups excluding carboxylic acids is 1. The molecule has 3 nitrogen and oxygen atoms in total. The molecule has 0 fully saturated rings. The maximum atomic E-state index is 12.6. The molecule has 2 aromatic rings. The van der Waals surface area contributed by atoms with E-state index >= 15 is 0 Å². The largest absolute Gasteiger partial charge is 0.493 e. The van der Waals surface area contributed by atoms with Crippen molar-refractivity contribution in [2.45, 2.75) is 13.8 Å². The van der Waals surface area contributed by atoms with Gasteiger partial charge in [-0.15, -0.1) is 0 Å². The molecule has 0 bridgehead atoms. The molecule has 2 aromatic carbocycles. The molecule has 2 N–H and O–H groups in total. The van der Waals surface area contributed by atoms with Gasteiger partial charge < -0.3 is 10.5 Å². The number of halogens is 1. The quantitative estimate of drug-likeness (QED) is 0.687. The lowest BCUT2D eigenvalue weighted by Crippen LogP contribution is -2.06. The van der Waals surface area contributed by atoms with Crippen molar-refractivity contribution in [2.75, 3.05) is 12.3 Å². The monoisotopic (exact) mass is 289 g/mol. The minimum Gasteiger partial charge on any atom is -0.493 e. The predicted octanol–water partition coefficient (Wildman–Crippen LogP) is 3.86. The number of hydrogen-bond donors (Lipinski definition) is 1. The summed E-state index contributed by atoms with van der Waals surface area (Å²) >= 11 is 5.88. The van der Waals surface area contributed by atoms with Crippen LogP contribution in [0.3, 0.4) is 0 Å². The Morgan fingerprint density at radius 1 is 1.25 bits per heavy atom. The minimum atomic E-state index is -0.125. The molecule has 0 aliphatic rings. The van der Waals surface area contributed by atoms with E-state index in [4.69, 9.17) is 22.1 Å². The van der Waals surface area contributed by atoms with Gasteiger partial charge in [-0.25, -0.2) is 0 Å². The first-order valence-electron chi connectivity index (χ1n) is 6.36. The topological polar surface area (TPSA) is 52.3 Å². The second-order valence-electron chi connectivity index (χ2n) is 4.50. The average Bonchev–Trinajstić information content (AvgIpc) is 2.43. The zero-order chi connectivity index (χ0) is 14.7. The normalized spacial score (nSPS) is 10.3. The SMILES string of the molecule is CCOc1ccc(C)cc1C(=O)c1ccc(Cl)c(N)c1. The van der Waals surface area contributed by atoms with Crippen LogP contribution in [0.15, 0.2) is 36.4 Å². The summed E-state index contributed by atoms with van der Waals surface area (Å²) < 4.78 is 5.51. The van der Waals surface area contributed by atoms with Gasteiger partial charge in [-0.2, -0.15) is 0 Å². The third-order valence-corrected chi connectivity index (χ3v) is 3.28. The Morgan fingerprint density at radius 3 is 2.65 bits per heavy atom. The van der Waals surface area contributed by atoms with Crippen molar-refractivity contribution in [3.63, 3.8) is 0 Å². The third-order valence-electron chi connectivity index (χ3n) is 2.94. The molecule has 20 heavy (non-hydrogen) atoms. The first-order chi connectivity index (χ1) is 9.52. The summed E-state index contributed by atoms with van der Waals surface area (Å²) in [5, 5.41) is 0.441. The first-order valence-corrected chi connectivity index (χ1v) is 6.74. The van der Waals surface area contributed by atoms with E-state index in [-0.39, 0.29) is 5.78 Å². The van der Waals surface area contributed by atoms with Crippen molar-refractivity contribution in [3.05, 3.63) is 58.1 Å². The number of benzene rings is 2. The Hall–Kier alpha value is -2.00. The van der Waals surface area contributed by atoms with E-state index in [9.17, 15) is 4.79 Å². The number of carbonyl (C=O) groups is 1. The molecule has 0 heterocycles. The Bertz CT molecular complexity index is 653. The Morgan fingerprint density at radius 2 is 2.00 bits per heavy atom. The molecule has 104 valence electrons. The zero-order valence-corrected chi connectivity index (χ0v) is 12.2. The molecule has 0 radical (unpaired) electrons. The molecule has 0 spiro atoms. The van der Waals surface area contributed by atoms with Crippen molar-refractivity contribution >= 4 is 23.1 Å². The standard InChI is InChI=1S/C16H16ClNO2/c1-3-20-15-7-4-10(2)8-12(15)16(19)11-5-6-13(17)14(18)9-11/h4-9H,3,18H2,1-2H3. The third kappa shape index (κ3) is 2.94. The maximum Gasteiger partial charge on any atom is 0.196 e. The Kier molecular flexibility index (Phi) is 4.30. The highest BCUT2D eigenvalue weighted by Crippen LogP contribution is 2.26. The van der Waals surface area contributed by atoms with Crippen LogP contribution in [0.5, 0.6) is 5.75 Å². The van der Waals surface area contributed by atoms with E-state index in [1.54, 1.807) is 18.2 Å². The number of rotatable bonds is 4. The molecule has 0 amide bonds. The number of ketones is 1. The maximum absolute atomic E-state index is 12.6. The number of nitrogens with two attached hydrogens (primary N) is 1. The van der Waals surface area contributed by atoms with Gasteiger partial charge in [-0.3, -0.25) is 4.79 Å². The van der Waals surface area contributed by atoms with Crippen molar-refractivity contribution in [3.8, 4) is 5.75 Å². The highest BCUT2D eigenvalue weighted by atomic mass is 35.5. The number of aryl methyl sites for hydroxylation is 1. The Balaban J connectivity index is 2.46. The summed E-state index contributed by atoms with van der Waals surface area (Å²) in [5.74, 6) is 0.456. The van der Waals surface area contributed by atoms with Gasteiger partial charge in [0.05, 0.1) is 22.9 Å². The van der Waals surface area contributed by atoms with Gasteiger partial charge in [0.15, 0.2) is 5.78 Å². The summed E-state index contributed by atoms with van der Waals surface area (Å²) in [5.41, 5.74) is 8.17. The highest BCUT2D eigenvalue weighted by Gasteiger charge is 2.15. The molecule has 0 aromatic heterocycles. The second kappa shape index (κ2) is 5.97. The first kappa shape index (κ1) is 14.4. The van der Waals surface area contributed by atoms with Crippen LogP contribution in [-0.2, 0) is 0 Å². The molecule has 2 rings (SSSR count). The van der Waals surface area contributed by atoms with Gasteiger partial charge in [0, 0.05) is 5.56 Å². The van der Waals surface area contributed by atoms with E-state index in [1.807, 2.05) is 32.0 Å². The van der Waals surface area contributed by atoms with Gasteiger partial charge in [0.1, 0.15) is 5.75 Å². The molecule has 0 unspecified atom stereocenters. The van der Waals surface area contributed by atoms with Gasteiger partial charge in [-0.1, -0.05) is 23.2 Å². The molecular formula is C16H16ClNO2. The average molecular weight is 290 g/mol. The molecule has 0 saturated heterocycles. The van der Waals surface area contributed by atoms with E-state index in [0.29, 0.717) is 34.2 Å². The highest BCUT2D eigenvalue weighted by molar-refractivity contribution is 6.33. The van der Waals surface area contributed by atoms with Crippen LogP contribution in [0, 0.1) is 6.92 Å². The van der Waals surface area contributed by atoms with Gasteiger partial charge in [0.25, 0.3) is 0 Å². The predicted molar refractivity (Wildman–Crippen MR) is 81.6 cm³/mol. The second-order valence-corrected chi connectivity index (χ2v) is 4.91. The smallest absolute Gasteiger partial charge is 0.196 e. The summed E-state index contributed by atoms with van der Waals surface area (Å²) in [4.78, 5) is 12.6. The van der Waals surface area contributed by atoms with Crippen LogP contribution in [-0.4, -0.2) is 12.4 Å².